The maximum Gasteiger partial charge on any atom is 0.142 e. The van der Waals surface area contributed by atoms with Gasteiger partial charge in [0.1, 0.15) is 5.82 Å². The molecule has 2 rings (SSSR count). The van der Waals surface area contributed by atoms with Gasteiger partial charge in [-0.2, -0.15) is 0 Å². The van der Waals surface area contributed by atoms with Crippen LogP contribution in [-0.4, -0.2) is 19.2 Å². The molecular formula is C13H16Cl2FNO. The number of rotatable bonds is 2. The van der Waals surface area contributed by atoms with Crippen LogP contribution in [0.4, 0.5) is 4.39 Å². The summed E-state index contributed by atoms with van der Waals surface area (Å²) in [4.78, 5) is 0. The molecule has 1 fully saturated rings. The molecule has 0 saturated carbocycles. The van der Waals surface area contributed by atoms with Crippen LogP contribution in [0.15, 0.2) is 12.1 Å². The lowest BCUT2D eigenvalue weighted by Crippen LogP contribution is -2.29. The molecule has 1 N–H and O–H groups in total. The molecule has 0 spiro atoms. The Balaban J connectivity index is 2.18. The standard InChI is InChI=1S/C13H16Cl2FNO/c1-2-8-3-4-18-13(7-17-8)9-5-12(16)11(15)6-10(9)14/h5-6,8,13,17H,2-4,7H2,1H3. The van der Waals surface area contributed by atoms with Crippen molar-refractivity contribution in [1.82, 2.24) is 5.32 Å². The van der Waals surface area contributed by atoms with Crippen molar-refractivity contribution in [2.75, 3.05) is 13.2 Å². The van der Waals surface area contributed by atoms with Crippen LogP contribution < -0.4 is 5.32 Å². The van der Waals surface area contributed by atoms with Crippen molar-refractivity contribution in [1.29, 1.82) is 0 Å². The van der Waals surface area contributed by atoms with Gasteiger partial charge in [-0.05, 0) is 25.0 Å². The summed E-state index contributed by atoms with van der Waals surface area (Å²) in [5, 5.41) is 3.89. The highest BCUT2D eigenvalue weighted by Gasteiger charge is 2.22. The van der Waals surface area contributed by atoms with Gasteiger partial charge in [-0.25, -0.2) is 4.39 Å². The predicted octanol–water partition coefficient (Wildman–Crippen LogP) is 3.96. The van der Waals surface area contributed by atoms with Crippen molar-refractivity contribution >= 4 is 23.2 Å². The van der Waals surface area contributed by atoms with Gasteiger partial charge in [-0.3, -0.25) is 0 Å². The number of halogens is 3. The van der Waals surface area contributed by atoms with Crippen LogP contribution in [0.2, 0.25) is 10.0 Å². The van der Waals surface area contributed by atoms with E-state index in [1.807, 2.05) is 0 Å². The van der Waals surface area contributed by atoms with Gasteiger partial charge in [0.05, 0.1) is 11.1 Å². The quantitative estimate of drug-likeness (QED) is 0.833. The first kappa shape index (κ1) is 14.1. The summed E-state index contributed by atoms with van der Waals surface area (Å²) >= 11 is 11.8. The van der Waals surface area contributed by atoms with Gasteiger partial charge in [0, 0.05) is 29.8 Å². The molecule has 100 valence electrons. The van der Waals surface area contributed by atoms with E-state index < -0.39 is 5.82 Å². The third kappa shape index (κ3) is 3.15. The first-order chi connectivity index (χ1) is 8.61. The molecule has 0 bridgehead atoms. The van der Waals surface area contributed by atoms with E-state index in [0.29, 0.717) is 29.8 Å². The Morgan fingerprint density at radius 2 is 2.17 bits per heavy atom. The Labute approximate surface area is 116 Å². The minimum Gasteiger partial charge on any atom is -0.372 e. The fourth-order valence-electron chi connectivity index (χ4n) is 2.12. The molecule has 1 saturated heterocycles. The highest BCUT2D eigenvalue weighted by Crippen LogP contribution is 2.31. The lowest BCUT2D eigenvalue weighted by molar-refractivity contribution is 0.0662. The highest BCUT2D eigenvalue weighted by molar-refractivity contribution is 6.35. The van der Waals surface area contributed by atoms with Crippen molar-refractivity contribution in [3.05, 3.63) is 33.6 Å². The van der Waals surface area contributed by atoms with E-state index in [-0.39, 0.29) is 11.1 Å². The van der Waals surface area contributed by atoms with Gasteiger partial charge in [-0.1, -0.05) is 30.1 Å². The summed E-state index contributed by atoms with van der Waals surface area (Å²) in [6.07, 6.45) is 1.79. The second kappa shape index (κ2) is 6.20. The summed E-state index contributed by atoms with van der Waals surface area (Å²) in [6, 6.07) is 3.24. The number of benzene rings is 1. The maximum absolute atomic E-state index is 13.5. The van der Waals surface area contributed by atoms with Crippen LogP contribution in [0.5, 0.6) is 0 Å². The maximum atomic E-state index is 13.5. The molecule has 18 heavy (non-hydrogen) atoms. The van der Waals surface area contributed by atoms with Gasteiger partial charge in [0.15, 0.2) is 0 Å². The fourth-order valence-corrected chi connectivity index (χ4v) is 2.63. The molecular weight excluding hydrogens is 276 g/mol. The Morgan fingerprint density at radius 1 is 1.39 bits per heavy atom. The zero-order chi connectivity index (χ0) is 13.1. The van der Waals surface area contributed by atoms with E-state index >= 15 is 0 Å². The van der Waals surface area contributed by atoms with Crippen molar-refractivity contribution < 1.29 is 9.13 Å². The van der Waals surface area contributed by atoms with Crippen molar-refractivity contribution in [2.24, 2.45) is 0 Å². The lowest BCUT2D eigenvalue weighted by atomic mass is 10.1. The van der Waals surface area contributed by atoms with Crippen LogP contribution in [0, 0.1) is 5.82 Å². The fraction of sp³-hybridized carbons (Fsp3) is 0.538. The molecule has 2 unspecified atom stereocenters. The molecule has 0 aliphatic carbocycles. The number of nitrogens with one attached hydrogen (secondary N) is 1. The zero-order valence-electron chi connectivity index (χ0n) is 10.2. The molecule has 0 amide bonds. The molecule has 1 heterocycles. The molecule has 1 aliphatic heterocycles. The summed E-state index contributed by atoms with van der Waals surface area (Å²) in [7, 11) is 0. The van der Waals surface area contributed by atoms with Crippen LogP contribution in [0.25, 0.3) is 0 Å². The molecule has 0 radical (unpaired) electrons. The molecule has 1 aliphatic rings. The van der Waals surface area contributed by atoms with E-state index in [0.717, 1.165) is 12.8 Å². The van der Waals surface area contributed by atoms with Crippen molar-refractivity contribution in [3.8, 4) is 0 Å². The molecule has 5 heteroatoms. The minimum atomic E-state index is -0.462. The average Bonchev–Trinajstić information content (AvgIpc) is 2.59. The first-order valence-electron chi connectivity index (χ1n) is 6.11. The van der Waals surface area contributed by atoms with E-state index in [9.17, 15) is 4.39 Å². The van der Waals surface area contributed by atoms with Gasteiger partial charge in [-0.15, -0.1) is 0 Å². The Morgan fingerprint density at radius 3 is 2.89 bits per heavy atom. The van der Waals surface area contributed by atoms with E-state index in [1.165, 1.54) is 12.1 Å². The zero-order valence-corrected chi connectivity index (χ0v) is 11.7. The third-order valence-corrected chi connectivity index (χ3v) is 3.87. The summed E-state index contributed by atoms with van der Waals surface area (Å²) in [5.74, 6) is -0.462. The lowest BCUT2D eigenvalue weighted by Gasteiger charge is -2.18. The van der Waals surface area contributed by atoms with Crippen LogP contribution in [-0.2, 0) is 4.74 Å². The van der Waals surface area contributed by atoms with Gasteiger partial charge in [0.25, 0.3) is 0 Å². The molecule has 2 atom stereocenters. The summed E-state index contributed by atoms with van der Waals surface area (Å²) in [5.41, 5.74) is 0.655. The monoisotopic (exact) mass is 291 g/mol. The van der Waals surface area contributed by atoms with Crippen molar-refractivity contribution in [2.45, 2.75) is 31.9 Å². The molecule has 1 aromatic carbocycles. The number of ether oxygens (including phenoxy) is 1. The number of hydrogen-bond donors (Lipinski definition) is 1. The van der Waals surface area contributed by atoms with Crippen LogP contribution in [0.1, 0.15) is 31.4 Å². The first-order valence-corrected chi connectivity index (χ1v) is 6.86. The smallest absolute Gasteiger partial charge is 0.142 e. The van der Waals surface area contributed by atoms with Gasteiger partial charge in [0.2, 0.25) is 0 Å². The predicted molar refractivity (Wildman–Crippen MR) is 71.8 cm³/mol. The van der Waals surface area contributed by atoms with Crippen molar-refractivity contribution in [3.63, 3.8) is 0 Å². The van der Waals surface area contributed by atoms with Crippen LogP contribution >= 0.6 is 23.2 Å². The van der Waals surface area contributed by atoms with Gasteiger partial charge < -0.3 is 10.1 Å². The van der Waals surface area contributed by atoms with E-state index in [4.69, 9.17) is 27.9 Å². The normalized spacial score (nSPS) is 24.9. The molecule has 1 aromatic rings. The summed E-state index contributed by atoms with van der Waals surface area (Å²) in [6.45, 7) is 3.42. The average molecular weight is 292 g/mol. The topological polar surface area (TPSA) is 21.3 Å². The Hall–Kier alpha value is -0.350. The van der Waals surface area contributed by atoms with E-state index in [2.05, 4.69) is 12.2 Å². The second-order valence-corrected chi connectivity index (χ2v) is 5.26. The summed E-state index contributed by atoms with van der Waals surface area (Å²) < 4.78 is 19.2. The Bertz CT molecular complexity index is 428. The minimum absolute atomic E-state index is 0.0387. The highest BCUT2D eigenvalue weighted by atomic mass is 35.5. The third-order valence-electron chi connectivity index (χ3n) is 3.26. The van der Waals surface area contributed by atoms with Crippen LogP contribution in [0.3, 0.4) is 0 Å². The largest absolute Gasteiger partial charge is 0.372 e. The second-order valence-electron chi connectivity index (χ2n) is 4.45. The Kier molecular flexibility index (Phi) is 4.84. The SMILES string of the molecule is CCC1CCOC(c2cc(F)c(Cl)cc2Cl)CN1. The molecule has 0 aromatic heterocycles. The molecule has 2 nitrogen and oxygen atoms in total. The van der Waals surface area contributed by atoms with Gasteiger partial charge >= 0.3 is 0 Å². The van der Waals surface area contributed by atoms with E-state index in [1.54, 1.807) is 0 Å². The number of hydrogen-bond acceptors (Lipinski definition) is 2.